The van der Waals surface area contributed by atoms with E-state index in [9.17, 15) is 4.79 Å². The van der Waals surface area contributed by atoms with Crippen LogP contribution < -0.4 is 9.47 Å². The molecular weight excluding hydrogens is 498 g/mol. The minimum Gasteiger partial charge on any atom is -0.497 e. The van der Waals surface area contributed by atoms with Crippen LogP contribution >= 0.6 is 11.6 Å². The third kappa shape index (κ3) is 5.41. The van der Waals surface area contributed by atoms with E-state index in [2.05, 4.69) is 29.3 Å². The lowest BCUT2D eigenvalue weighted by atomic mass is 9.96. The molecule has 0 fully saturated rings. The maximum atomic E-state index is 13.7. The fourth-order valence-electron chi connectivity index (χ4n) is 4.93. The number of fused-ring (bicyclic) bond motifs is 1. The van der Waals surface area contributed by atoms with Crippen LogP contribution in [0, 0.1) is 0 Å². The zero-order valence-corrected chi connectivity index (χ0v) is 22.5. The van der Waals surface area contributed by atoms with Gasteiger partial charge in [0.2, 0.25) is 0 Å². The third-order valence-corrected chi connectivity index (χ3v) is 7.25. The SMILES string of the molecule is CCCCCOc1ccc(C2c3c(-c4ccc(Cl)cc4)n[nH]c3C(=O)N2CCc2ccc(OC)cc2)cc1. The molecule has 1 amide bonds. The van der Waals surface area contributed by atoms with Crippen LogP contribution in [0.3, 0.4) is 0 Å². The van der Waals surface area contributed by atoms with Gasteiger partial charge >= 0.3 is 0 Å². The molecule has 1 unspecified atom stereocenters. The summed E-state index contributed by atoms with van der Waals surface area (Å²) in [6.45, 7) is 3.45. The molecule has 0 aliphatic carbocycles. The summed E-state index contributed by atoms with van der Waals surface area (Å²) in [5.41, 5.74) is 5.27. The molecule has 38 heavy (non-hydrogen) atoms. The van der Waals surface area contributed by atoms with Crippen molar-refractivity contribution in [1.82, 2.24) is 15.1 Å². The van der Waals surface area contributed by atoms with E-state index < -0.39 is 0 Å². The van der Waals surface area contributed by atoms with Gasteiger partial charge in [-0.2, -0.15) is 5.10 Å². The van der Waals surface area contributed by atoms with Gasteiger partial charge in [0.15, 0.2) is 0 Å². The van der Waals surface area contributed by atoms with E-state index in [1.165, 1.54) is 0 Å². The first-order valence-corrected chi connectivity index (χ1v) is 13.5. The second-order valence-corrected chi connectivity index (χ2v) is 9.93. The second-order valence-electron chi connectivity index (χ2n) is 9.49. The van der Waals surface area contributed by atoms with E-state index in [-0.39, 0.29) is 11.9 Å². The summed E-state index contributed by atoms with van der Waals surface area (Å²) in [6.07, 6.45) is 4.08. The molecule has 7 heteroatoms. The van der Waals surface area contributed by atoms with E-state index in [4.69, 9.17) is 21.1 Å². The number of nitrogens with one attached hydrogen (secondary N) is 1. The zero-order valence-electron chi connectivity index (χ0n) is 21.7. The van der Waals surface area contributed by atoms with Gasteiger partial charge in [-0.25, -0.2) is 0 Å². The molecule has 0 saturated heterocycles. The number of rotatable bonds is 11. The predicted molar refractivity (Wildman–Crippen MR) is 150 cm³/mol. The third-order valence-electron chi connectivity index (χ3n) is 6.99. The standard InChI is InChI=1S/C31H32ClN3O3/c1-3-4-5-20-38-26-16-10-23(11-17-26)30-27-28(22-8-12-24(32)13-9-22)33-34-29(27)31(36)35(30)19-18-21-6-14-25(37-2)15-7-21/h6-17,30H,3-5,18-20H2,1-2H3,(H,33,34). The van der Waals surface area contributed by atoms with Crippen LogP contribution in [0.4, 0.5) is 0 Å². The summed E-state index contributed by atoms with van der Waals surface area (Å²) in [7, 11) is 1.66. The van der Waals surface area contributed by atoms with Gasteiger partial charge in [-0.3, -0.25) is 9.89 Å². The number of methoxy groups -OCH3 is 1. The molecule has 1 aliphatic rings. The Hall–Kier alpha value is -3.77. The molecular formula is C31H32ClN3O3. The van der Waals surface area contributed by atoms with Gasteiger partial charge in [0, 0.05) is 22.7 Å². The normalized spacial score (nSPS) is 14.6. The monoisotopic (exact) mass is 529 g/mol. The lowest BCUT2D eigenvalue weighted by molar-refractivity contribution is 0.0746. The molecule has 1 N–H and O–H groups in total. The van der Waals surface area contributed by atoms with Gasteiger partial charge in [0.1, 0.15) is 17.2 Å². The summed E-state index contributed by atoms with van der Waals surface area (Å²) < 4.78 is 11.2. The van der Waals surface area contributed by atoms with Crippen LogP contribution in [0.25, 0.3) is 11.3 Å². The number of carbonyl (C=O) groups is 1. The molecule has 1 aliphatic heterocycles. The number of halogens is 1. The Morgan fingerprint density at radius 3 is 2.34 bits per heavy atom. The molecule has 0 spiro atoms. The topological polar surface area (TPSA) is 67.5 Å². The van der Waals surface area contributed by atoms with Gasteiger partial charge in [0.05, 0.1) is 25.5 Å². The van der Waals surface area contributed by atoms with Crippen molar-refractivity contribution in [1.29, 1.82) is 0 Å². The second kappa shape index (κ2) is 11.7. The smallest absolute Gasteiger partial charge is 0.273 e. The fraction of sp³-hybridized carbons (Fsp3) is 0.290. The number of benzene rings is 3. The Morgan fingerprint density at radius 2 is 1.66 bits per heavy atom. The molecule has 2 heterocycles. The van der Waals surface area contributed by atoms with Crippen molar-refractivity contribution in [2.45, 2.75) is 38.6 Å². The van der Waals surface area contributed by atoms with Crippen LogP contribution in [-0.4, -0.2) is 41.3 Å². The quantitative estimate of drug-likeness (QED) is 0.210. The number of hydrogen-bond donors (Lipinski definition) is 1. The Labute approximate surface area is 228 Å². The summed E-state index contributed by atoms with van der Waals surface area (Å²) in [4.78, 5) is 15.6. The maximum absolute atomic E-state index is 13.7. The molecule has 0 radical (unpaired) electrons. The lowest BCUT2D eigenvalue weighted by Crippen LogP contribution is -2.31. The van der Waals surface area contributed by atoms with Gasteiger partial charge in [0.25, 0.3) is 5.91 Å². The average molecular weight is 530 g/mol. The maximum Gasteiger partial charge on any atom is 0.273 e. The molecule has 6 nitrogen and oxygen atoms in total. The summed E-state index contributed by atoms with van der Waals surface area (Å²) in [5, 5.41) is 8.24. The highest BCUT2D eigenvalue weighted by Gasteiger charge is 2.41. The minimum atomic E-state index is -0.269. The van der Waals surface area contributed by atoms with Gasteiger partial charge < -0.3 is 14.4 Å². The van der Waals surface area contributed by atoms with Crippen molar-refractivity contribution >= 4 is 17.5 Å². The van der Waals surface area contributed by atoms with Crippen LogP contribution in [-0.2, 0) is 6.42 Å². The van der Waals surface area contributed by atoms with Crippen LogP contribution in [0.2, 0.25) is 5.02 Å². The first-order chi connectivity index (χ1) is 18.6. The summed E-state index contributed by atoms with van der Waals surface area (Å²) in [5.74, 6) is 1.60. The molecule has 1 aromatic heterocycles. The van der Waals surface area contributed by atoms with Crippen molar-refractivity contribution in [3.63, 3.8) is 0 Å². The number of aromatic amines is 1. The molecule has 0 saturated carbocycles. The van der Waals surface area contributed by atoms with Crippen LogP contribution in [0.1, 0.15) is 59.4 Å². The average Bonchev–Trinajstić information content (AvgIpc) is 3.50. The molecule has 1 atom stereocenters. The molecule has 4 aromatic rings. The number of nitrogens with zero attached hydrogens (tertiary/aromatic N) is 2. The first-order valence-electron chi connectivity index (χ1n) is 13.1. The highest BCUT2D eigenvalue weighted by molar-refractivity contribution is 6.30. The summed E-state index contributed by atoms with van der Waals surface area (Å²) >= 11 is 6.14. The number of aromatic nitrogens is 2. The highest BCUT2D eigenvalue weighted by atomic mass is 35.5. The molecule has 3 aromatic carbocycles. The van der Waals surface area contributed by atoms with E-state index in [0.29, 0.717) is 23.9 Å². The predicted octanol–water partition coefficient (Wildman–Crippen LogP) is 7.10. The summed E-state index contributed by atoms with van der Waals surface area (Å²) in [6, 6.07) is 23.4. The Morgan fingerprint density at radius 1 is 0.947 bits per heavy atom. The van der Waals surface area contributed by atoms with Crippen LogP contribution in [0.5, 0.6) is 11.5 Å². The van der Waals surface area contributed by atoms with Crippen molar-refractivity contribution in [2.24, 2.45) is 0 Å². The van der Waals surface area contributed by atoms with E-state index in [1.54, 1.807) is 7.11 Å². The number of amides is 1. The Bertz CT molecular complexity index is 1370. The Kier molecular flexibility index (Phi) is 7.99. The van der Waals surface area contributed by atoms with Gasteiger partial charge in [-0.15, -0.1) is 0 Å². The van der Waals surface area contributed by atoms with Crippen molar-refractivity contribution in [3.8, 4) is 22.8 Å². The fourth-order valence-corrected chi connectivity index (χ4v) is 5.06. The number of carbonyl (C=O) groups excluding carboxylic acids is 1. The van der Waals surface area contributed by atoms with Crippen molar-refractivity contribution in [2.75, 3.05) is 20.3 Å². The Balaban J connectivity index is 1.45. The zero-order chi connectivity index (χ0) is 26.5. The first kappa shape index (κ1) is 25.9. The number of ether oxygens (including phenoxy) is 2. The lowest BCUT2D eigenvalue weighted by Gasteiger charge is -2.26. The number of H-pyrrole nitrogens is 1. The molecule has 196 valence electrons. The molecule has 0 bridgehead atoms. The van der Waals surface area contributed by atoms with E-state index >= 15 is 0 Å². The number of unbranched alkanes of at least 4 members (excludes halogenated alkanes) is 2. The van der Waals surface area contributed by atoms with Crippen molar-refractivity contribution < 1.29 is 14.3 Å². The van der Waals surface area contributed by atoms with E-state index in [1.807, 2.05) is 65.6 Å². The van der Waals surface area contributed by atoms with Gasteiger partial charge in [-0.05, 0) is 60.4 Å². The van der Waals surface area contributed by atoms with Crippen molar-refractivity contribution in [3.05, 3.63) is 100 Å². The highest BCUT2D eigenvalue weighted by Crippen LogP contribution is 2.43. The van der Waals surface area contributed by atoms with Crippen LogP contribution in [0.15, 0.2) is 72.8 Å². The number of hydrogen-bond acceptors (Lipinski definition) is 4. The van der Waals surface area contributed by atoms with Gasteiger partial charge in [-0.1, -0.05) is 67.8 Å². The van der Waals surface area contributed by atoms with E-state index in [0.717, 1.165) is 65.1 Å². The minimum absolute atomic E-state index is 0.0499. The largest absolute Gasteiger partial charge is 0.497 e. The molecule has 5 rings (SSSR count).